The molecule has 0 saturated carbocycles. The zero-order valence-electron chi connectivity index (χ0n) is 13.1. The highest BCUT2D eigenvalue weighted by molar-refractivity contribution is 5.19. The monoisotopic (exact) mass is 287 g/mol. The Labute approximate surface area is 127 Å². The number of benzene rings is 1. The topological polar surface area (TPSA) is 39.1 Å². The first kappa shape index (κ1) is 15.7. The van der Waals surface area contributed by atoms with Gasteiger partial charge in [-0.05, 0) is 31.0 Å². The molecule has 0 aliphatic carbocycles. The molecule has 2 atom stereocenters. The number of aromatic nitrogens is 2. The van der Waals surface area contributed by atoms with Gasteiger partial charge in [-0.2, -0.15) is 5.10 Å². The maximum Gasteiger partial charge on any atom is 0.0974 e. The molecule has 0 fully saturated rings. The summed E-state index contributed by atoms with van der Waals surface area (Å²) in [6.07, 6.45) is 3.92. The molecule has 0 saturated heterocycles. The summed E-state index contributed by atoms with van der Waals surface area (Å²) in [6.45, 7) is 3.07. The fourth-order valence-corrected chi connectivity index (χ4v) is 2.75. The van der Waals surface area contributed by atoms with Crippen LogP contribution in [0.1, 0.15) is 30.7 Å². The molecule has 2 unspecified atom stereocenters. The van der Waals surface area contributed by atoms with E-state index in [1.165, 1.54) is 11.3 Å². The number of likely N-dealkylation sites (N-methyl/N-ethyl adjacent to an activating group) is 1. The van der Waals surface area contributed by atoms with Crippen molar-refractivity contribution in [1.82, 2.24) is 15.1 Å². The highest BCUT2D eigenvalue weighted by Gasteiger charge is 2.22. The zero-order chi connectivity index (χ0) is 15.1. The van der Waals surface area contributed by atoms with E-state index in [-0.39, 0.29) is 12.1 Å². The number of hydrogen-bond donors (Lipinski definition) is 1. The van der Waals surface area contributed by atoms with E-state index in [0.717, 1.165) is 19.4 Å². The fraction of sp³-hybridized carbons (Fsp3) is 0.471. The van der Waals surface area contributed by atoms with Crippen molar-refractivity contribution in [2.45, 2.75) is 31.9 Å². The first-order valence-corrected chi connectivity index (χ1v) is 7.54. The molecule has 1 aromatic carbocycles. The maximum atomic E-state index is 5.77. The van der Waals surface area contributed by atoms with Crippen LogP contribution in [0.15, 0.2) is 42.6 Å². The number of nitrogens with zero attached hydrogens (tertiary/aromatic N) is 2. The van der Waals surface area contributed by atoms with Crippen LogP contribution in [0.4, 0.5) is 0 Å². The van der Waals surface area contributed by atoms with Gasteiger partial charge in [0.2, 0.25) is 0 Å². The molecule has 114 valence electrons. The minimum atomic E-state index is 0.0689. The minimum absolute atomic E-state index is 0.0689. The first-order chi connectivity index (χ1) is 10.3. The molecule has 1 aromatic heterocycles. The quantitative estimate of drug-likeness (QED) is 0.811. The van der Waals surface area contributed by atoms with Crippen molar-refractivity contribution in [3.05, 3.63) is 53.9 Å². The van der Waals surface area contributed by atoms with E-state index in [4.69, 9.17) is 4.74 Å². The Morgan fingerprint density at radius 1 is 1.24 bits per heavy atom. The van der Waals surface area contributed by atoms with Gasteiger partial charge in [-0.1, -0.05) is 37.3 Å². The van der Waals surface area contributed by atoms with Crippen LogP contribution in [0, 0.1) is 0 Å². The van der Waals surface area contributed by atoms with E-state index in [1.807, 2.05) is 24.0 Å². The fourth-order valence-electron chi connectivity index (χ4n) is 2.75. The lowest BCUT2D eigenvalue weighted by Crippen LogP contribution is -2.36. The summed E-state index contributed by atoms with van der Waals surface area (Å²) in [5, 5.41) is 7.79. The third-order valence-corrected chi connectivity index (χ3v) is 3.85. The van der Waals surface area contributed by atoms with Crippen LogP contribution in [0.5, 0.6) is 0 Å². The van der Waals surface area contributed by atoms with Gasteiger partial charge in [-0.15, -0.1) is 0 Å². The van der Waals surface area contributed by atoms with Gasteiger partial charge in [-0.3, -0.25) is 4.68 Å². The van der Waals surface area contributed by atoms with Crippen molar-refractivity contribution in [1.29, 1.82) is 0 Å². The summed E-state index contributed by atoms with van der Waals surface area (Å²) >= 11 is 0. The van der Waals surface area contributed by atoms with E-state index < -0.39 is 0 Å². The molecule has 2 aromatic rings. The van der Waals surface area contributed by atoms with E-state index in [2.05, 4.69) is 47.7 Å². The van der Waals surface area contributed by atoms with Crippen LogP contribution in [0.2, 0.25) is 0 Å². The van der Waals surface area contributed by atoms with Crippen LogP contribution in [0.25, 0.3) is 0 Å². The third-order valence-electron chi connectivity index (χ3n) is 3.85. The van der Waals surface area contributed by atoms with Gasteiger partial charge >= 0.3 is 0 Å². The normalized spacial score (nSPS) is 14.0. The standard InChI is InChI=1S/C17H25N3O/c1-4-18-16(11-10-15-12-13-19-20(15)2)17(21-3)14-8-6-5-7-9-14/h5-9,12-13,16-18H,4,10-11H2,1-3H3. The van der Waals surface area contributed by atoms with Crippen LogP contribution in [-0.4, -0.2) is 29.5 Å². The van der Waals surface area contributed by atoms with E-state index in [0.29, 0.717) is 0 Å². The summed E-state index contributed by atoms with van der Waals surface area (Å²) in [5.74, 6) is 0. The molecule has 0 spiro atoms. The Kier molecular flexibility index (Phi) is 5.96. The van der Waals surface area contributed by atoms with Crippen molar-refractivity contribution < 1.29 is 4.74 Å². The molecule has 0 aliphatic rings. The Bertz CT molecular complexity index is 524. The van der Waals surface area contributed by atoms with Crippen LogP contribution < -0.4 is 5.32 Å². The predicted octanol–water partition coefficient (Wildman–Crippen LogP) is 2.72. The van der Waals surface area contributed by atoms with E-state index >= 15 is 0 Å². The molecule has 1 N–H and O–H groups in total. The van der Waals surface area contributed by atoms with Crippen molar-refractivity contribution in [3.8, 4) is 0 Å². The lowest BCUT2D eigenvalue weighted by molar-refractivity contribution is 0.0654. The predicted molar refractivity (Wildman–Crippen MR) is 85.2 cm³/mol. The SMILES string of the molecule is CCNC(CCc1ccnn1C)C(OC)c1ccccc1. The summed E-state index contributed by atoms with van der Waals surface area (Å²) in [5.41, 5.74) is 2.47. The van der Waals surface area contributed by atoms with Gasteiger partial charge in [0.25, 0.3) is 0 Å². The number of methoxy groups -OCH3 is 1. The second-order valence-electron chi connectivity index (χ2n) is 5.22. The Morgan fingerprint density at radius 3 is 2.57 bits per heavy atom. The summed E-state index contributed by atoms with van der Waals surface area (Å²) in [6, 6.07) is 12.8. The second-order valence-corrected chi connectivity index (χ2v) is 5.22. The van der Waals surface area contributed by atoms with Crippen LogP contribution in [-0.2, 0) is 18.2 Å². The molecular weight excluding hydrogens is 262 g/mol. The van der Waals surface area contributed by atoms with Gasteiger partial charge in [0.05, 0.1) is 6.10 Å². The first-order valence-electron chi connectivity index (χ1n) is 7.54. The van der Waals surface area contributed by atoms with Crippen molar-refractivity contribution in [2.24, 2.45) is 7.05 Å². The number of hydrogen-bond acceptors (Lipinski definition) is 3. The van der Waals surface area contributed by atoms with Gasteiger partial charge < -0.3 is 10.1 Å². The zero-order valence-corrected chi connectivity index (χ0v) is 13.1. The molecule has 21 heavy (non-hydrogen) atoms. The number of aryl methyl sites for hydroxylation is 2. The lowest BCUT2D eigenvalue weighted by Gasteiger charge is -2.27. The van der Waals surface area contributed by atoms with Crippen LogP contribution in [0.3, 0.4) is 0 Å². The summed E-state index contributed by atoms with van der Waals surface area (Å²) in [4.78, 5) is 0. The van der Waals surface area contributed by atoms with Crippen molar-refractivity contribution in [3.63, 3.8) is 0 Å². The third kappa shape index (κ3) is 4.16. The van der Waals surface area contributed by atoms with Gasteiger partial charge in [0, 0.05) is 32.1 Å². The molecule has 1 heterocycles. The summed E-state index contributed by atoms with van der Waals surface area (Å²) in [7, 11) is 3.77. The van der Waals surface area contributed by atoms with E-state index in [9.17, 15) is 0 Å². The Hall–Kier alpha value is -1.65. The van der Waals surface area contributed by atoms with Crippen molar-refractivity contribution >= 4 is 0 Å². The Balaban J connectivity index is 2.07. The smallest absolute Gasteiger partial charge is 0.0974 e. The van der Waals surface area contributed by atoms with Crippen molar-refractivity contribution in [2.75, 3.05) is 13.7 Å². The van der Waals surface area contributed by atoms with Gasteiger partial charge in [0.1, 0.15) is 0 Å². The second kappa shape index (κ2) is 7.96. The molecule has 0 bridgehead atoms. The molecule has 4 heteroatoms. The van der Waals surface area contributed by atoms with Gasteiger partial charge in [-0.25, -0.2) is 0 Å². The number of rotatable bonds is 8. The maximum absolute atomic E-state index is 5.77. The average molecular weight is 287 g/mol. The molecular formula is C17H25N3O. The van der Waals surface area contributed by atoms with E-state index in [1.54, 1.807) is 7.11 Å². The largest absolute Gasteiger partial charge is 0.375 e. The highest BCUT2D eigenvalue weighted by Crippen LogP contribution is 2.23. The summed E-state index contributed by atoms with van der Waals surface area (Å²) < 4.78 is 7.70. The molecule has 0 aliphatic heterocycles. The number of ether oxygens (including phenoxy) is 1. The lowest BCUT2D eigenvalue weighted by atomic mass is 9.97. The molecule has 4 nitrogen and oxygen atoms in total. The highest BCUT2D eigenvalue weighted by atomic mass is 16.5. The molecule has 2 rings (SSSR count). The van der Waals surface area contributed by atoms with Gasteiger partial charge in [0.15, 0.2) is 0 Å². The Morgan fingerprint density at radius 2 is 2.00 bits per heavy atom. The molecule has 0 amide bonds. The molecule has 0 radical (unpaired) electrons. The minimum Gasteiger partial charge on any atom is -0.375 e. The van der Waals surface area contributed by atoms with Crippen LogP contribution >= 0.6 is 0 Å². The average Bonchev–Trinajstić information content (AvgIpc) is 2.92. The number of nitrogens with one attached hydrogen (secondary N) is 1.